The van der Waals surface area contributed by atoms with E-state index in [1.54, 1.807) is 7.11 Å². The Morgan fingerprint density at radius 1 is 1.04 bits per heavy atom. The molecule has 1 fully saturated rings. The molecule has 0 atom stereocenters. The molecule has 1 aliphatic heterocycles. The van der Waals surface area contributed by atoms with Gasteiger partial charge in [0.25, 0.3) is 5.91 Å². The van der Waals surface area contributed by atoms with Gasteiger partial charge in [-0.1, -0.05) is 18.2 Å². The number of hydrogen-bond acceptors (Lipinski definition) is 4. The monoisotopic (exact) mass is 354 g/mol. The molecule has 3 rings (SSSR count). The first kappa shape index (κ1) is 18.1. The third-order valence-corrected chi connectivity index (χ3v) is 4.75. The van der Waals surface area contributed by atoms with Crippen molar-refractivity contribution < 1.29 is 14.3 Å². The van der Waals surface area contributed by atoms with Crippen LogP contribution in [0.4, 0.5) is 5.69 Å². The number of hydrogen-bond donors (Lipinski definition) is 0. The molecule has 1 aliphatic rings. The molecule has 5 nitrogen and oxygen atoms in total. The Balaban J connectivity index is 1.52. The van der Waals surface area contributed by atoms with Crippen molar-refractivity contribution >= 4 is 11.6 Å². The number of nitrogens with zero attached hydrogens (tertiary/aromatic N) is 2. The minimum absolute atomic E-state index is 0.0381. The molecule has 26 heavy (non-hydrogen) atoms. The summed E-state index contributed by atoms with van der Waals surface area (Å²) in [7, 11) is 1.67. The minimum Gasteiger partial charge on any atom is -0.497 e. The minimum atomic E-state index is 0.0381. The molecule has 138 valence electrons. The lowest BCUT2D eigenvalue weighted by atomic mass is 10.1. The molecule has 0 unspecified atom stereocenters. The summed E-state index contributed by atoms with van der Waals surface area (Å²) in [5, 5.41) is 0. The number of aryl methyl sites for hydroxylation is 2. The molecule has 2 aromatic rings. The molecule has 1 amide bonds. The second-order valence-electron chi connectivity index (χ2n) is 6.63. The van der Waals surface area contributed by atoms with Crippen molar-refractivity contribution in [1.29, 1.82) is 0 Å². The molecule has 0 bridgehead atoms. The van der Waals surface area contributed by atoms with E-state index in [1.165, 1.54) is 0 Å². The fourth-order valence-electron chi connectivity index (χ4n) is 3.11. The number of benzene rings is 2. The van der Waals surface area contributed by atoms with Gasteiger partial charge in [-0.05, 0) is 43.2 Å². The first-order valence-corrected chi connectivity index (χ1v) is 8.93. The summed E-state index contributed by atoms with van der Waals surface area (Å²) in [6, 6.07) is 14.1. The molecular weight excluding hydrogens is 328 g/mol. The Hall–Kier alpha value is -2.69. The van der Waals surface area contributed by atoms with Crippen LogP contribution in [0, 0.1) is 13.8 Å². The maximum atomic E-state index is 12.5. The summed E-state index contributed by atoms with van der Waals surface area (Å²) >= 11 is 0. The highest BCUT2D eigenvalue weighted by Gasteiger charge is 2.22. The van der Waals surface area contributed by atoms with Gasteiger partial charge in [-0.25, -0.2) is 0 Å². The van der Waals surface area contributed by atoms with Crippen LogP contribution >= 0.6 is 0 Å². The summed E-state index contributed by atoms with van der Waals surface area (Å²) in [6.07, 6.45) is 0. The van der Waals surface area contributed by atoms with E-state index in [-0.39, 0.29) is 12.5 Å². The molecule has 2 aromatic carbocycles. The average molecular weight is 354 g/mol. The van der Waals surface area contributed by atoms with E-state index in [0.29, 0.717) is 13.1 Å². The van der Waals surface area contributed by atoms with Gasteiger partial charge in [0.2, 0.25) is 0 Å². The highest BCUT2D eigenvalue weighted by atomic mass is 16.5. The standard InChI is InChI=1S/C21H26N2O3/c1-16-7-8-17(2)20(13-16)26-15-21(24)23-11-9-22(10-12-23)18-5-4-6-19(14-18)25-3/h4-8,13-14H,9-12,15H2,1-3H3. The van der Waals surface area contributed by atoms with Gasteiger partial charge in [-0.2, -0.15) is 0 Å². The lowest BCUT2D eigenvalue weighted by Crippen LogP contribution is -2.50. The van der Waals surface area contributed by atoms with Gasteiger partial charge in [0.15, 0.2) is 6.61 Å². The zero-order chi connectivity index (χ0) is 18.5. The van der Waals surface area contributed by atoms with Crippen molar-refractivity contribution in [3.8, 4) is 11.5 Å². The lowest BCUT2D eigenvalue weighted by Gasteiger charge is -2.36. The lowest BCUT2D eigenvalue weighted by molar-refractivity contribution is -0.133. The molecule has 1 saturated heterocycles. The molecule has 0 radical (unpaired) electrons. The number of rotatable bonds is 5. The Kier molecular flexibility index (Phi) is 5.66. The van der Waals surface area contributed by atoms with E-state index in [0.717, 1.165) is 41.4 Å². The van der Waals surface area contributed by atoms with E-state index in [1.807, 2.05) is 55.1 Å². The summed E-state index contributed by atoms with van der Waals surface area (Å²) in [4.78, 5) is 16.6. The van der Waals surface area contributed by atoms with Gasteiger partial charge in [0.05, 0.1) is 7.11 Å². The number of methoxy groups -OCH3 is 1. The largest absolute Gasteiger partial charge is 0.497 e. The first-order valence-electron chi connectivity index (χ1n) is 8.93. The van der Waals surface area contributed by atoms with Crippen LogP contribution in [0.3, 0.4) is 0 Å². The molecule has 5 heteroatoms. The maximum Gasteiger partial charge on any atom is 0.260 e. The Bertz CT molecular complexity index is 768. The van der Waals surface area contributed by atoms with E-state index in [4.69, 9.17) is 9.47 Å². The predicted molar refractivity (Wildman–Crippen MR) is 103 cm³/mol. The van der Waals surface area contributed by atoms with Gasteiger partial charge in [-0.15, -0.1) is 0 Å². The fourth-order valence-corrected chi connectivity index (χ4v) is 3.11. The van der Waals surface area contributed by atoms with E-state index >= 15 is 0 Å². The number of anilines is 1. The number of carbonyl (C=O) groups excluding carboxylic acids is 1. The number of carbonyl (C=O) groups is 1. The summed E-state index contributed by atoms with van der Waals surface area (Å²) < 4.78 is 11.0. The average Bonchev–Trinajstić information content (AvgIpc) is 2.68. The van der Waals surface area contributed by atoms with Crippen LogP contribution in [0.25, 0.3) is 0 Å². The smallest absolute Gasteiger partial charge is 0.260 e. The highest BCUT2D eigenvalue weighted by molar-refractivity contribution is 5.78. The molecule has 0 aromatic heterocycles. The number of amides is 1. The van der Waals surface area contributed by atoms with E-state index in [9.17, 15) is 4.79 Å². The SMILES string of the molecule is COc1cccc(N2CCN(C(=O)COc3cc(C)ccc3C)CC2)c1. The van der Waals surface area contributed by atoms with E-state index < -0.39 is 0 Å². The van der Waals surface area contributed by atoms with Crippen molar-refractivity contribution in [3.05, 3.63) is 53.6 Å². The normalized spacial score (nSPS) is 14.3. The van der Waals surface area contributed by atoms with Crippen LogP contribution in [0.15, 0.2) is 42.5 Å². The van der Waals surface area contributed by atoms with E-state index in [2.05, 4.69) is 11.0 Å². The zero-order valence-corrected chi connectivity index (χ0v) is 15.7. The van der Waals surface area contributed by atoms with Gasteiger partial charge in [-0.3, -0.25) is 4.79 Å². The van der Waals surface area contributed by atoms with Crippen LogP contribution < -0.4 is 14.4 Å². The maximum absolute atomic E-state index is 12.5. The highest BCUT2D eigenvalue weighted by Crippen LogP contribution is 2.22. The summed E-state index contributed by atoms with van der Waals surface area (Å²) in [6.45, 7) is 7.12. The number of ether oxygens (including phenoxy) is 2. The summed E-state index contributed by atoms with van der Waals surface area (Å²) in [5.41, 5.74) is 3.30. The van der Waals surface area contributed by atoms with Crippen LogP contribution in [-0.4, -0.2) is 50.7 Å². The van der Waals surface area contributed by atoms with Gasteiger partial charge in [0, 0.05) is 37.9 Å². The fraction of sp³-hybridized carbons (Fsp3) is 0.381. The Morgan fingerprint density at radius 3 is 2.54 bits per heavy atom. The molecule has 0 spiro atoms. The Labute approximate surface area is 155 Å². The predicted octanol–water partition coefficient (Wildman–Crippen LogP) is 3.04. The molecular formula is C21H26N2O3. The zero-order valence-electron chi connectivity index (χ0n) is 15.7. The van der Waals surface area contributed by atoms with Crippen LogP contribution in [-0.2, 0) is 4.79 Å². The van der Waals surface area contributed by atoms with Crippen LogP contribution in [0.1, 0.15) is 11.1 Å². The van der Waals surface area contributed by atoms with Crippen molar-refractivity contribution in [3.63, 3.8) is 0 Å². The third-order valence-electron chi connectivity index (χ3n) is 4.75. The van der Waals surface area contributed by atoms with Gasteiger partial charge < -0.3 is 19.3 Å². The van der Waals surface area contributed by atoms with Gasteiger partial charge in [0.1, 0.15) is 11.5 Å². The molecule has 0 N–H and O–H groups in total. The third kappa shape index (κ3) is 4.28. The second kappa shape index (κ2) is 8.13. The second-order valence-corrected chi connectivity index (χ2v) is 6.63. The molecule has 0 saturated carbocycles. The van der Waals surface area contributed by atoms with Crippen molar-refractivity contribution in [1.82, 2.24) is 4.90 Å². The topological polar surface area (TPSA) is 42.0 Å². The Morgan fingerprint density at radius 2 is 1.81 bits per heavy atom. The number of piperazine rings is 1. The van der Waals surface area contributed by atoms with Crippen molar-refractivity contribution in [2.75, 3.05) is 44.8 Å². The van der Waals surface area contributed by atoms with Crippen molar-refractivity contribution in [2.24, 2.45) is 0 Å². The molecule has 0 aliphatic carbocycles. The van der Waals surface area contributed by atoms with Gasteiger partial charge >= 0.3 is 0 Å². The summed E-state index contributed by atoms with van der Waals surface area (Å²) in [5.74, 6) is 1.67. The quantitative estimate of drug-likeness (QED) is 0.828. The van der Waals surface area contributed by atoms with Crippen LogP contribution in [0.5, 0.6) is 11.5 Å². The molecule has 1 heterocycles. The first-order chi connectivity index (χ1) is 12.6. The van der Waals surface area contributed by atoms with Crippen LogP contribution in [0.2, 0.25) is 0 Å². The van der Waals surface area contributed by atoms with Crippen molar-refractivity contribution in [2.45, 2.75) is 13.8 Å².